The quantitative estimate of drug-likeness (QED) is 0.660. The molecule has 0 fully saturated rings. The molecule has 0 aliphatic heterocycles. The Morgan fingerprint density at radius 3 is 2.40 bits per heavy atom. The molecular formula is C10H11Cl2NO2. The van der Waals surface area contributed by atoms with Gasteiger partial charge < -0.3 is 10.5 Å². The zero-order chi connectivity index (χ0) is 11.4. The Kier molecular flexibility index (Phi) is 4.24. The maximum absolute atomic E-state index is 11.2. The van der Waals surface area contributed by atoms with Crippen molar-refractivity contribution in [3.8, 4) is 0 Å². The summed E-state index contributed by atoms with van der Waals surface area (Å²) < 4.78 is 4.80. The lowest BCUT2D eigenvalue weighted by Crippen LogP contribution is -2.07. The Morgan fingerprint density at radius 2 is 1.93 bits per heavy atom. The third-order valence-electron chi connectivity index (χ3n) is 1.79. The Hall–Kier alpha value is -0.930. The van der Waals surface area contributed by atoms with Crippen molar-refractivity contribution in [2.24, 2.45) is 0 Å². The van der Waals surface area contributed by atoms with Gasteiger partial charge in [0.2, 0.25) is 0 Å². The smallest absolute Gasteiger partial charge is 0.310 e. The van der Waals surface area contributed by atoms with E-state index in [2.05, 4.69) is 0 Å². The lowest BCUT2D eigenvalue weighted by molar-refractivity contribution is -0.142. The lowest BCUT2D eigenvalue weighted by atomic mass is 10.1. The van der Waals surface area contributed by atoms with Crippen molar-refractivity contribution in [1.82, 2.24) is 0 Å². The second-order valence-electron chi connectivity index (χ2n) is 2.95. The summed E-state index contributed by atoms with van der Waals surface area (Å²) >= 11 is 11.6. The van der Waals surface area contributed by atoms with Gasteiger partial charge in [0.05, 0.1) is 28.8 Å². The highest BCUT2D eigenvalue weighted by molar-refractivity contribution is 6.38. The third-order valence-corrected chi connectivity index (χ3v) is 2.42. The van der Waals surface area contributed by atoms with Crippen LogP contribution in [0.4, 0.5) is 5.69 Å². The van der Waals surface area contributed by atoms with E-state index in [0.29, 0.717) is 27.9 Å². The predicted octanol–water partition coefficient (Wildman–Crippen LogP) is 2.68. The van der Waals surface area contributed by atoms with Gasteiger partial charge in [-0.3, -0.25) is 4.79 Å². The fraction of sp³-hybridized carbons (Fsp3) is 0.300. The van der Waals surface area contributed by atoms with Crippen LogP contribution < -0.4 is 5.73 Å². The van der Waals surface area contributed by atoms with Crippen molar-refractivity contribution < 1.29 is 9.53 Å². The first-order chi connectivity index (χ1) is 7.04. The number of esters is 1. The first-order valence-electron chi connectivity index (χ1n) is 4.43. The number of hydrogen-bond donors (Lipinski definition) is 1. The van der Waals surface area contributed by atoms with Gasteiger partial charge in [-0.15, -0.1) is 0 Å². The van der Waals surface area contributed by atoms with Gasteiger partial charge in [-0.1, -0.05) is 23.2 Å². The molecule has 0 unspecified atom stereocenters. The Morgan fingerprint density at radius 1 is 1.40 bits per heavy atom. The average molecular weight is 248 g/mol. The van der Waals surface area contributed by atoms with Gasteiger partial charge in [-0.25, -0.2) is 0 Å². The fourth-order valence-electron chi connectivity index (χ4n) is 1.12. The van der Waals surface area contributed by atoms with E-state index >= 15 is 0 Å². The maximum Gasteiger partial charge on any atom is 0.310 e. The minimum absolute atomic E-state index is 0.146. The predicted molar refractivity (Wildman–Crippen MR) is 61.2 cm³/mol. The normalized spacial score (nSPS) is 10.1. The highest BCUT2D eigenvalue weighted by atomic mass is 35.5. The standard InChI is InChI=1S/C10H11Cl2NO2/c1-2-15-9(14)5-6-3-7(11)10(13)8(12)4-6/h3-4H,2,5,13H2,1H3. The number of carbonyl (C=O) groups is 1. The van der Waals surface area contributed by atoms with E-state index in [0.717, 1.165) is 0 Å². The molecule has 82 valence electrons. The summed E-state index contributed by atoms with van der Waals surface area (Å²) in [6.45, 7) is 2.11. The van der Waals surface area contributed by atoms with E-state index in [9.17, 15) is 4.79 Å². The van der Waals surface area contributed by atoms with Gasteiger partial charge in [0.15, 0.2) is 0 Å². The van der Waals surface area contributed by atoms with Crippen LogP contribution in [0.1, 0.15) is 12.5 Å². The van der Waals surface area contributed by atoms with Crippen LogP contribution in [0, 0.1) is 0 Å². The van der Waals surface area contributed by atoms with Crippen LogP contribution in [0.2, 0.25) is 10.0 Å². The lowest BCUT2D eigenvalue weighted by Gasteiger charge is -2.06. The highest BCUT2D eigenvalue weighted by Crippen LogP contribution is 2.28. The Labute approximate surface area is 98.1 Å². The molecule has 0 bridgehead atoms. The van der Waals surface area contributed by atoms with Crippen molar-refractivity contribution >= 4 is 34.9 Å². The van der Waals surface area contributed by atoms with Crippen molar-refractivity contribution in [3.63, 3.8) is 0 Å². The number of carbonyl (C=O) groups excluding carboxylic acids is 1. The molecule has 0 radical (unpaired) electrons. The van der Waals surface area contributed by atoms with E-state index < -0.39 is 0 Å². The fourth-order valence-corrected chi connectivity index (χ4v) is 1.65. The number of nitrogen functional groups attached to an aromatic ring is 1. The summed E-state index contributed by atoms with van der Waals surface area (Å²) in [5.41, 5.74) is 6.58. The summed E-state index contributed by atoms with van der Waals surface area (Å²) in [7, 11) is 0. The number of rotatable bonds is 3. The molecule has 5 heteroatoms. The van der Waals surface area contributed by atoms with Crippen LogP contribution in [0.3, 0.4) is 0 Å². The third kappa shape index (κ3) is 3.29. The molecular weight excluding hydrogens is 237 g/mol. The molecule has 0 aliphatic rings. The number of hydrogen-bond acceptors (Lipinski definition) is 3. The van der Waals surface area contributed by atoms with Crippen molar-refractivity contribution in [2.45, 2.75) is 13.3 Å². The zero-order valence-corrected chi connectivity index (χ0v) is 9.73. The van der Waals surface area contributed by atoms with Gasteiger partial charge >= 0.3 is 5.97 Å². The molecule has 0 saturated carbocycles. The maximum atomic E-state index is 11.2. The molecule has 15 heavy (non-hydrogen) atoms. The molecule has 0 amide bonds. The van der Waals surface area contributed by atoms with Crippen molar-refractivity contribution in [1.29, 1.82) is 0 Å². The molecule has 3 nitrogen and oxygen atoms in total. The topological polar surface area (TPSA) is 52.3 Å². The molecule has 0 heterocycles. The summed E-state index contributed by atoms with van der Waals surface area (Å²) in [6, 6.07) is 3.22. The van der Waals surface area contributed by atoms with E-state index in [4.69, 9.17) is 33.7 Å². The van der Waals surface area contributed by atoms with Gasteiger partial charge in [0.1, 0.15) is 0 Å². The van der Waals surface area contributed by atoms with Crippen molar-refractivity contribution in [3.05, 3.63) is 27.7 Å². The average Bonchev–Trinajstić information content (AvgIpc) is 2.14. The molecule has 0 spiro atoms. The van der Waals surface area contributed by atoms with Crippen LogP contribution in [0.5, 0.6) is 0 Å². The zero-order valence-electron chi connectivity index (χ0n) is 8.22. The van der Waals surface area contributed by atoms with E-state index in [1.807, 2.05) is 0 Å². The Bertz CT molecular complexity index is 357. The minimum atomic E-state index is -0.311. The minimum Gasteiger partial charge on any atom is -0.466 e. The molecule has 0 saturated heterocycles. The molecule has 1 rings (SSSR count). The van der Waals surface area contributed by atoms with Crippen LogP contribution >= 0.6 is 23.2 Å². The van der Waals surface area contributed by atoms with Crippen LogP contribution in [0.25, 0.3) is 0 Å². The molecule has 1 aromatic rings. The van der Waals surface area contributed by atoms with E-state index in [1.54, 1.807) is 19.1 Å². The number of ether oxygens (including phenoxy) is 1. The summed E-state index contributed by atoms with van der Waals surface area (Å²) in [4.78, 5) is 11.2. The number of anilines is 1. The molecule has 1 aromatic carbocycles. The van der Waals surface area contributed by atoms with Gasteiger partial charge in [-0.2, -0.15) is 0 Å². The second kappa shape index (κ2) is 5.24. The highest BCUT2D eigenvalue weighted by Gasteiger charge is 2.08. The number of nitrogens with two attached hydrogens (primary N) is 1. The van der Waals surface area contributed by atoms with Gasteiger partial charge in [0.25, 0.3) is 0 Å². The molecule has 2 N–H and O–H groups in total. The monoisotopic (exact) mass is 247 g/mol. The molecule has 0 aliphatic carbocycles. The van der Waals surface area contributed by atoms with Gasteiger partial charge in [0, 0.05) is 0 Å². The van der Waals surface area contributed by atoms with Crippen LogP contribution in [-0.2, 0) is 16.0 Å². The Balaban J connectivity index is 2.83. The number of halogens is 2. The largest absolute Gasteiger partial charge is 0.466 e. The summed E-state index contributed by atoms with van der Waals surface area (Å²) in [6.07, 6.45) is 0.146. The molecule has 0 aromatic heterocycles. The second-order valence-corrected chi connectivity index (χ2v) is 3.77. The van der Waals surface area contributed by atoms with Crippen molar-refractivity contribution in [2.75, 3.05) is 12.3 Å². The van der Waals surface area contributed by atoms with Gasteiger partial charge in [-0.05, 0) is 24.6 Å². The van der Waals surface area contributed by atoms with Crippen LogP contribution in [0.15, 0.2) is 12.1 Å². The van der Waals surface area contributed by atoms with E-state index in [1.165, 1.54) is 0 Å². The van der Waals surface area contributed by atoms with E-state index in [-0.39, 0.29) is 12.4 Å². The first-order valence-corrected chi connectivity index (χ1v) is 5.19. The molecule has 0 atom stereocenters. The van der Waals surface area contributed by atoms with Crippen LogP contribution in [-0.4, -0.2) is 12.6 Å². The SMILES string of the molecule is CCOC(=O)Cc1cc(Cl)c(N)c(Cl)c1. The summed E-state index contributed by atoms with van der Waals surface area (Å²) in [5.74, 6) is -0.311. The summed E-state index contributed by atoms with van der Waals surface area (Å²) in [5, 5.41) is 0.698. The number of benzene rings is 1. The first kappa shape index (κ1) is 12.1.